The highest BCUT2D eigenvalue weighted by Crippen LogP contribution is 2.10. The van der Waals surface area contributed by atoms with E-state index in [0.29, 0.717) is 5.56 Å². The summed E-state index contributed by atoms with van der Waals surface area (Å²) in [5.41, 5.74) is 0.490. The summed E-state index contributed by atoms with van der Waals surface area (Å²) < 4.78 is 12.4. The molecule has 0 spiro atoms. The molecule has 0 N–H and O–H groups in total. The zero-order valence-corrected chi connectivity index (χ0v) is 5.74. The smallest absolute Gasteiger partial charge is 0.358 e. The first-order valence-electron chi connectivity index (χ1n) is 2.88. The first-order valence-corrected chi connectivity index (χ1v) is 2.88. The largest absolute Gasteiger partial charge is 0.367 e. The number of hydrogen-bond donors (Lipinski definition) is 0. The van der Waals surface area contributed by atoms with Crippen molar-refractivity contribution < 1.29 is 9.31 Å². The lowest BCUT2D eigenvalue weighted by molar-refractivity contribution is -0.389. The van der Waals surface area contributed by atoms with Gasteiger partial charge in [-0.3, -0.25) is 0 Å². The van der Waals surface area contributed by atoms with Crippen LogP contribution in [0.1, 0.15) is 5.56 Å². The molecule has 1 aromatic rings. The lowest BCUT2D eigenvalue weighted by Gasteiger charge is -1.92. The molecular weight excluding hydrogens is 151 g/mol. The first-order chi connectivity index (χ1) is 5.09. The van der Waals surface area contributed by atoms with Crippen LogP contribution in [0, 0.1) is 23.0 Å². The van der Waals surface area contributed by atoms with Gasteiger partial charge in [-0.2, -0.15) is 4.39 Å². The second kappa shape index (κ2) is 2.61. The molecular formula is C6H5FN2O2. The van der Waals surface area contributed by atoms with Crippen molar-refractivity contribution in [2.45, 2.75) is 6.92 Å². The van der Waals surface area contributed by atoms with Crippen LogP contribution in [-0.4, -0.2) is 9.91 Å². The number of aromatic nitrogens is 1. The molecule has 0 aliphatic rings. The molecule has 0 fully saturated rings. The Balaban J connectivity index is 3.19. The summed E-state index contributed by atoms with van der Waals surface area (Å²) in [4.78, 5) is 12.4. The fraction of sp³-hybridized carbons (Fsp3) is 0.167. The van der Waals surface area contributed by atoms with E-state index in [4.69, 9.17) is 0 Å². The van der Waals surface area contributed by atoms with Gasteiger partial charge < -0.3 is 10.1 Å². The second-order valence-electron chi connectivity index (χ2n) is 2.08. The van der Waals surface area contributed by atoms with Gasteiger partial charge in [0.2, 0.25) is 0 Å². The monoisotopic (exact) mass is 156 g/mol. The zero-order chi connectivity index (χ0) is 8.43. The Bertz CT molecular complexity index is 280. The lowest BCUT2D eigenvalue weighted by Crippen LogP contribution is -1.94. The number of aryl methyl sites for hydroxylation is 1. The number of pyridine rings is 1. The lowest BCUT2D eigenvalue weighted by atomic mass is 10.3. The summed E-state index contributed by atoms with van der Waals surface area (Å²) in [6, 6.07) is 2.34. The normalized spacial score (nSPS) is 9.64. The Morgan fingerprint density at radius 1 is 1.64 bits per heavy atom. The van der Waals surface area contributed by atoms with Crippen LogP contribution in [0.15, 0.2) is 12.1 Å². The van der Waals surface area contributed by atoms with Gasteiger partial charge in [-0.25, -0.2) is 0 Å². The van der Waals surface area contributed by atoms with Gasteiger partial charge >= 0.3 is 11.8 Å². The summed E-state index contributed by atoms with van der Waals surface area (Å²) in [5.74, 6) is -1.28. The molecule has 1 heterocycles. The van der Waals surface area contributed by atoms with Crippen LogP contribution >= 0.6 is 0 Å². The van der Waals surface area contributed by atoms with Crippen molar-refractivity contribution in [2.75, 3.05) is 0 Å². The number of nitro groups is 1. The number of hydrogen-bond acceptors (Lipinski definition) is 3. The Morgan fingerprint density at radius 2 is 2.27 bits per heavy atom. The van der Waals surface area contributed by atoms with E-state index in [1.165, 1.54) is 6.07 Å². The topological polar surface area (TPSA) is 56.0 Å². The zero-order valence-electron chi connectivity index (χ0n) is 5.74. The fourth-order valence-electron chi connectivity index (χ4n) is 0.701. The molecule has 0 bridgehead atoms. The molecule has 58 valence electrons. The van der Waals surface area contributed by atoms with Crippen molar-refractivity contribution >= 4 is 5.82 Å². The van der Waals surface area contributed by atoms with Crippen LogP contribution in [0.3, 0.4) is 0 Å². The Kier molecular flexibility index (Phi) is 1.80. The van der Waals surface area contributed by atoms with Crippen molar-refractivity contribution in [3.05, 3.63) is 33.8 Å². The molecule has 0 aromatic carbocycles. The second-order valence-corrected chi connectivity index (χ2v) is 2.08. The molecule has 1 rings (SSSR count). The van der Waals surface area contributed by atoms with Gasteiger partial charge in [0.05, 0.1) is 0 Å². The summed E-state index contributed by atoms with van der Waals surface area (Å²) in [5, 5.41) is 10.1. The van der Waals surface area contributed by atoms with Gasteiger partial charge in [-0.1, -0.05) is 0 Å². The van der Waals surface area contributed by atoms with E-state index >= 15 is 0 Å². The molecule has 0 radical (unpaired) electrons. The van der Waals surface area contributed by atoms with Crippen LogP contribution < -0.4 is 0 Å². The summed E-state index contributed by atoms with van der Waals surface area (Å²) in [6.07, 6.45) is 0. The summed E-state index contributed by atoms with van der Waals surface area (Å²) in [6.45, 7) is 1.57. The molecule has 0 amide bonds. The standard InChI is InChI=1S/C6H5FN2O2/c1-4-2-5(7)8-6(3-4)9(10)11/h2-3H,1H3. The molecule has 4 nitrogen and oxygen atoms in total. The van der Waals surface area contributed by atoms with E-state index in [0.717, 1.165) is 6.07 Å². The maximum Gasteiger partial charge on any atom is 0.367 e. The predicted octanol–water partition coefficient (Wildman–Crippen LogP) is 1.44. The maximum absolute atomic E-state index is 12.4. The fourth-order valence-corrected chi connectivity index (χ4v) is 0.701. The van der Waals surface area contributed by atoms with Crippen LogP contribution in [0.2, 0.25) is 0 Å². The average Bonchev–Trinajstić information content (AvgIpc) is 1.85. The highest BCUT2D eigenvalue weighted by Gasteiger charge is 2.10. The molecule has 0 aliphatic carbocycles. The molecule has 0 saturated carbocycles. The van der Waals surface area contributed by atoms with Crippen LogP contribution in [-0.2, 0) is 0 Å². The quantitative estimate of drug-likeness (QED) is 0.351. The third-order valence-electron chi connectivity index (χ3n) is 1.11. The van der Waals surface area contributed by atoms with Gasteiger partial charge in [0.1, 0.15) is 0 Å². The highest BCUT2D eigenvalue weighted by molar-refractivity contribution is 5.24. The van der Waals surface area contributed by atoms with E-state index < -0.39 is 16.7 Å². The van der Waals surface area contributed by atoms with Crippen LogP contribution in [0.4, 0.5) is 10.2 Å². The number of nitrogens with zero attached hydrogens (tertiary/aromatic N) is 2. The molecule has 0 atom stereocenters. The molecule has 0 saturated heterocycles. The Morgan fingerprint density at radius 3 is 2.73 bits per heavy atom. The third kappa shape index (κ3) is 1.70. The van der Waals surface area contributed by atoms with Crippen LogP contribution in [0.5, 0.6) is 0 Å². The van der Waals surface area contributed by atoms with E-state index in [-0.39, 0.29) is 0 Å². The molecule has 11 heavy (non-hydrogen) atoms. The molecule has 1 aromatic heterocycles. The summed E-state index contributed by atoms with van der Waals surface area (Å²) in [7, 11) is 0. The van der Waals surface area contributed by atoms with E-state index in [2.05, 4.69) is 4.98 Å². The van der Waals surface area contributed by atoms with Crippen molar-refractivity contribution in [3.8, 4) is 0 Å². The number of halogens is 1. The minimum Gasteiger partial charge on any atom is -0.358 e. The van der Waals surface area contributed by atoms with E-state index in [1.54, 1.807) is 6.92 Å². The molecule has 0 aliphatic heterocycles. The predicted molar refractivity (Wildman–Crippen MR) is 35.6 cm³/mol. The van der Waals surface area contributed by atoms with Gasteiger partial charge in [-0.15, -0.1) is 0 Å². The van der Waals surface area contributed by atoms with Crippen molar-refractivity contribution in [2.24, 2.45) is 0 Å². The average molecular weight is 156 g/mol. The Labute approximate surface area is 61.8 Å². The van der Waals surface area contributed by atoms with E-state index in [1.807, 2.05) is 0 Å². The first kappa shape index (κ1) is 7.59. The third-order valence-corrected chi connectivity index (χ3v) is 1.11. The highest BCUT2D eigenvalue weighted by atomic mass is 19.1. The van der Waals surface area contributed by atoms with Gasteiger partial charge in [0.25, 0.3) is 0 Å². The molecule has 5 heteroatoms. The van der Waals surface area contributed by atoms with Crippen molar-refractivity contribution in [3.63, 3.8) is 0 Å². The maximum atomic E-state index is 12.4. The van der Waals surface area contributed by atoms with Crippen LogP contribution in [0.25, 0.3) is 0 Å². The number of rotatable bonds is 1. The van der Waals surface area contributed by atoms with Crippen molar-refractivity contribution in [1.82, 2.24) is 4.98 Å². The van der Waals surface area contributed by atoms with Crippen molar-refractivity contribution in [1.29, 1.82) is 0 Å². The summed E-state index contributed by atoms with van der Waals surface area (Å²) >= 11 is 0. The van der Waals surface area contributed by atoms with Gasteiger partial charge in [-0.05, 0) is 22.4 Å². The Hall–Kier alpha value is -1.52. The van der Waals surface area contributed by atoms with Gasteiger partial charge in [0.15, 0.2) is 0 Å². The SMILES string of the molecule is Cc1cc(F)nc([N+](=O)[O-])c1. The minimum absolute atomic E-state index is 0.456. The molecule has 0 unspecified atom stereocenters. The van der Waals surface area contributed by atoms with E-state index in [9.17, 15) is 14.5 Å². The van der Waals surface area contributed by atoms with Gasteiger partial charge in [0, 0.05) is 12.1 Å². The minimum atomic E-state index is -0.823.